The third kappa shape index (κ3) is 4.30. The third-order valence-corrected chi connectivity index (χ3v) is 9.41. The van der Waals surface area contributed by atoms with Crippen molar-refractivity contribution < 1.29 is 0 Å². The summed E-state index contributed by atoms with van der Waals surface area (Å²) in [6.45, 7) is 0. The van der Waals surface area contributed by atoms with Crippen molar-refractivity contribution in [3.8, 4) is 44.5 Å². The quantitative estimate of drug-likeness (QED) is 0.181. The summed E-state index contributed by atoms with van der Waals surface area (Å²) in [7, 11) is 0. The maximum Gasteiger partial charge on any atom is -0.000808 e. The van der Waals surface area contributed by atoms with Crippen molar-refractivity contribution in [1.29, 1.82) is 0 Å². The first-order valence-electron chi connectivity index (χ1n) is 15.9. The Hall–Kier alpha value is -5.98. The number of benzene rings is 9. The molecule has 0 saturated carbocycles. The molecule has 0 radical (unpaired) electrons. The van der Waals surface area contributed by atoms with Crippen LogP contribution in [0.2, 0.25) is 0 Å². The Morgan fingerprint density at radius 2 is 0.717 bits per heavy atom. The van der Waals surface area contributed by atoms with E-state index in [1.165, 1.54) is 87.6 Å². The molecule has 0 heteroatoms. The van der Waals surface area contributed by atoms with Gasteiger partial charge in [0.05, 0.1) is 0 Å². The number of hydrogen-bond acceptors (Lipinski definition) is 0. The van der Waals surface area contributed by atoms with Gasteiger partial charge < -0.3 is 0 Å². The van der Waals surface area contributed by atoms with Crippen LogP contribution in [0.4, 0.5) is 0 Å². The summed E-state index contributed by atoms with van der Waals surface area (Å²) in [5, 5.41) is 10.1. The summed E-state index contributed by atoms with van der Waals surface area (Å²) in [5.74, 6) is 0. The van der Waals surface area contributed by atoms with Crippen molar-refractivity contribution >= 4 is 43.1 Å². The molecule has 0 heterocycles. The molecule has 0 spiro atoms. The van der Waals surface area contributed by atoms with Crippen molar-refractivity contribution in [2.75, 3.05) is 0 Å². The van der Waals surface area contributed by atoms with Gasteiger partial charge in [0.15, 0.2) is 0 Å². The Morgan fingerprint density at radius 3 is 1.33 bits per heavy atom. The monoisotopic (exact) mass is 582 g/mol. The zero-order valence-corrected chi connectivity index (χ0v) is 25.3. The molecule has 46 heavy (non-hydrogen) atoms. The standard InChI is InChI=1S/C46H30/c1-3-14-31(15-4-1)38-27-26-36(30-43(38)32-16-5-2-6-17-32)39-25-13-21-37-29-35-20-9-12-24-42(35)46(44(37)39)45-40-22-10-7-18-33(40)28-34-19-8-11-23-41(34)45/h1-30H. The predicted molar refractivity (Wildman–Crippen MR) is 198 cm³/mol. The fraction of sp³-hybridized carbons (Fsp3) is 0. The first-order valence-corrected chi connectivity index (χ1v) is 15.9. The van der Waals surface area contributed by atoms with E-state index in [0.717, 1.165) is 0 Å². The summed E-state index contributed by atoms with van der Waals surface area (Å²) >= 11 is 0. The molecule has 0 N–H and O–H groups in total. The highest BCUT2D eigenvalue weighted by Gasteiger charge is 2.19. The van der Waals surface area contributed by atoms with Gasteiger partial charge in [-0.25, -0.2) is 0 Å². The fourth-order valence-corrected chi connectivity index (χ4v) is 7.34. The van der Waals surface area contributed by atoms with Crippen LogP contribution in [-0.2, 0) is 0 Å². The third-order valence-electron chi connectivity index (χ3n) is 9.41. The van der Waals surface area contributed by atoms with Crippen molar-refractivity contribution in [2.45, 2.75) is 0 Å². The SMILES string of the molecule is c1ccc(-c2ccc(-c3cccc4cc5ccccc5c(-c5c6ccccc6cc6ccccc56)c34)cc2-c2ccccc2)cc1. The molecule has 0 aliphatic carbocycles. The van der Waals surface area contributed by atoms with Crippen molar-refractivity contribution in [1.82, 2.24) is 0 Å². The number of rotatable bonds is 4. The van der Waals surface area contributed by atoms with Crippen LogP contribution in [0.1, 0.15) is 0 Å². The summed E-state index contributed by atoms with van der Waals surface area (Å²) < 4.78 is 0. The number of fused-ring (bicyclic) bond motifs is 4. The largest absolute Gasteiger partial charge is 0.0622 e. The normalized spacial score (nSPS) is 11.5. The minimum absolute atomic E-state index is 1.21. The highest BCUT2D eigenvalue weighted by molar-refractivity contribution is 6.25. The Labute approximate surface area is 268 Å². The van der Waals surface area contributed by atoms with Gasteiger partial charge in [-0.05, 0) is 106 Å². The summed E-state index contributed by atoms with van der Waals surface area (Å²) in [6.07, 6.45) is 0. The van der Waals surface area contributed by atoms with E-state index in [0.29, 0.717) is 0 Å². The zero-order valence-electron chi connectivity index (χ0n) is 25.3. The van der Waals surface area contributed by atoms with E-state index in [9.17, 15) is 0 Å². The van der Waals surface area contributed by atoms with E-state index >= 15 is 0 Å². The molecule has 0 atom stereocenters. The van der Waals surface area contributed by atoms with Gasteiger partial charge in [-0.1, -0.05) is 164 Å². The minimum atomic E-state index is 1.21. The molecule has 0 nitrogen and oxygen atoms in total. The van der Waals surface area contributed by atoms with Gasteiger partial charge in [0.25, 0.3) is 0 Å². The van der Waals surface area contributed by atoms with Crippen LogP contribution in [0.3, 0.4) is 0 Å². The fourth-order valence-electron chi connectivity index (χ4n) is 7.34. The van der Waals surface area contributed by atoms with Gasteiger partial charge in [-0.3, -0.25) is 0 Å². The van der Waals surface area contributed by atoms with Crippen LogP contribution in [0.5, 0.6) is 0 Å². The average molecular weight is 583 g/mol. The lowest BCUT2D eigenvalue weighted by molar-refractivity contribution is 1.57. The first-order chi connectivity index (χ1) is 22.8. The summed E-state index contributed by atoms with van der Waals surface area (Å²) in [4.78, 5) is 0. The second-order valence-corrected chi connectivity index (χ2v) is 12.1. The predicted octanol–water partition coefficient (Wildman–Crippen LogP) is 13.0. The lowest BCUT2D eigenvalue weighted by Gasteiger charge is -2.20. The van der Waals surface area contributed by atoms with E-state index in [1.807, 2.05) is 0 Å². The molecule has 0 aromatic heterocycles. The van der Waals surface area contributed by atoms with Crippen LogP contribution in [0.15, 0.2) is 182 Å². The molecule has 214 valence electrons. The van der Waals surface area contributed by atoms with E-state index in [4.69, 9.17) is 0 Å². The Morgan fingerprint density at radius 1 is 0.239 bits per heavy atom. The molecular weight excluding hydrogens is 553 g/mol. The van der Waals surface area contributed by atoms with Crippen LogP contribution in [0.25, 0.3) is 87.6 Å². The second kappa shape index (κ2) is 10.9. The Balaban J connectivity index is 1.42. The van der Waals surface area contributed by atoms with E-state index in [1.54, 1.807) is 0 Å². The van der Waals surface area contributed by atoms with Crippen molar-refractivity contribution in [3.05, 3.63) is 182 Å². The smallest absolute Gasteiger partial charge is 0.000808 e. The summed E-state index contributed by atoms with van der Waals surface area (Å²) in [6, 6.07) is 66.6. The van der Waals surface area contributed by atoms with Crippen LogP contribution in [0, 0.1) is 0 Å². The second-order valence-electron chi connectivity index (χ2n) is 12.1. The van der Waals surface area contributed by atoms with Crippen LogP contribution in [-0.4, -0.2) is 0 Å². The number of hydrogen-bond donors (Lipinski definition) is 0. The molecule has 0 aliphatic rings. The van der Waals surface area contributed by atoms with E-state index in [2.05, 4.69) is 182 Å². The molecule has 9 aromatic carbocycles. The van der Waals surface area contributed by atoms with E-state index < -0.39 is 0 Å². The minimum Gasteiger partial charge on any atom is -0.0622 e. The molecule has 0 amide bonds. The molecular formula is C46H30. The summed E-state index contributed by atoms with van der Waals surface area (Å²) in [5.41, 5.74) is 9.96. The molecule has 0 bridgehead atoms. The van der Waals surface area contributed by atoms with Crippen molar-refractivity contribution in [3.63, 3.8) is 0 Å². The van der Waals surface area contributed by atoms with Gasteiger partial charge in [-0.15, -0.1) is 0 Å². The highest BCUT2D eigenvalue weighted by atomic mass is 14.2. The maximum atomic E-state index is 2.40. The van der Waals surface area contributed by atoms with Crippen molar-refractivity contribution in [2.24, 2.45) is 0 Å². The molecule has 0 fully saturated rings. The van der Waals surface area contributed by atoms with Crippen LogP contribution >= 0.6 is 0 Å². The van der Waals surface area contributed by atoms with Gasteiger partial charge in [0.2, 0.25) is 0 Å². The van der Waals surface area contributed by atoms with Gasteiger partial charge in [-0.2, -0.15) is 0 Å². The molecule has 0 saturated heterocycles. The highest BCUT2D eigenvalue weighted by Crippen LogP contribution is 2.47. The first kappa shape index (κ1) is 26.4. The Bertz CT molecular complexity index is 2500. The lowest BCUT2D eigenvalue weighted by atomic mass is 9.83. The van der Waals surface area contributed by atoms with Gasteiger partial charge >= 0.3 is 0 Å². The molecule has 0 aliphatic heterocycles. The molecule has 0 unspecified atom stereocenters. The van der Waals surface area contributed by atoms with Gasteiger partial charge in [0.1, 0.15) is 0 Å². The topological polar surface area (TPSA) is 0 Å². The maximum absolute atomic E-state index is 2.40. The zero-order chi connectivity index (χ0) is 30.5. The average Bonchev–Trinajstić information content (AvgIpc) is 3.13. The molecule has 9 aromatic rings. The Kier molecular flexibility index (Phi) is 6.25. The van der Waals surface area contributed by atoms with Crippen LogP contribution < -0.4 is 0 Å². The molecule has 9 rings (SSSR count). The lowest BCUT2D eigenvalue weighted by Crippen LogP contribution is -1.93. The van der Waals surface area contributed by atoms with E-state index in [-0.39, 0.29) is 0 Å². The van der Waals surface area contributed by atoms with Gasteiger partial charge in [0, 0.05) is 0 Å².